The van der Waals surface area contributed by atoms with E-state index in [0.29, 0.717) is 6.61 Å². The Balaban J connectivity index is 1.71. The molecule has 0 radical (unpaired) electrons. The number of anilines is 1. The molecule has 0 unspecified atom stereocenters. The first-order chi connectivity index (χ1) is 12.1. The Morgan fingerprint density at radius 2 is 1.52 bits per heavy atom. The van der Waals surface area contributed by atoms with Crippen LogP contribution in [0.5, 0.6) is 11.5 Å². The third-order valence-electron chi connectivity index (χ3n) is 3.67. The molecule has 0 aromatic heterocycles. The van der Waals surface area contributed by atoms with Gasteiger partial charge in [0.15, 0.2) is 0 Å². The first kappa shape index (κ1) is 16.8. The van der Waals surface area contributed by atoms with Crippen LogP contribution in [0, 0.1) is 0 Å². The highest BCUT2D eigenvalue weighted by molar-refractivity contribution is 5.70. The van der Waals surface area contributed by atoms with E-state index in [1.165, 1.54) is 6.07 Å². The molecule has 0 atom stereocenters. The molecular formula is C20H17F2NO2. The Bertz CT molecular complexity index is 821. The molecule has 0 bridgehead atoms. The minimum absolute atomic E-state index is 0.0306. The van der Waals surface area contributed by atoms with Crippen LogP contribution in [0.25, 0.3) is 11.1 Å². The van der Waals surface area contributed by atoms with Crippen LogP contribution < -0.4 is 15.2 Å². The van der Waals surface area contributed by atoms with E-state index >= 15 is 0 Å². The zero-order valence-electron chi connectivity index (χ0n) is 13.4. The second-order valence-electron chi connectivity index (χ2n) is 5.43. The third kappa shape index (κ3) is 4.47. The lowest BCUT2D eigenvalue weighted by molar-refractivity contribution is -0.0492. The molecule has 0 saturated carbocycles. The predicted octanol–water partition coefficient (Wildman–Crippen LogP) is 5.12. The van der Waals surface area contributed by atoms with Gasteiger partial charge in [-0.2, -0.15) is 8.78 Å². The van der Waals surface area contributed by atoms with Crippen molar-refractivity contribution < 1.29 is 18.3 Å². The van der Waals surface area contributed by atoms with Crippen molar-refractivity contribution in [2.45, 2.75) is 13.2 Å². The van der Waals surface area contributed by atoms with Crippen molar-refractivity contribution in [3.8, 4) is 22.6 Å². The summed E-state index contributed by atoms with van der Waals surface area (Å²) in [5.41, 5.74) is 8.50. The lowest BCUT2D eigenvalue weighted by atomic mass is 10.0. The molecule has 0 spiro atoms. The molecule has 3 aromatic rings. The lowest BCUT2D eigenvalue weighted by Gasteiger charge is -2.11. The molecule has 128 valence electrons. The van der Waals surface area contributed by atoms with Gasteiger partial charge in [-0.25, -0.2) is 0 Å². The quantitative estimate of drug-likeness (QED) is 0.633. The molecule has 3 rings (SSSR count). The molecule has 0 aliphatic carbocycles. The van der Waals surface area contributed by atoms with Crippen LogP contribution in [0.15, 0.2) is 72.8 Å². The summed E-state index contributed by atoms with van der Waals surface area (Å²) in [7, 11) is 0. The molecule has 0 fully saturated rings. The molecule has 2 N–H and O–H groups in total. The summed E-state index contributed by atoms with van der Waals surface area (Å²) >= 11 is 0. The summed E-state index contributed by atoms with van der Waals surface area (Å²) in [6.07, 6.45) is 0. The number of ether oxygens (including phenoxy) is 2. The van der Waals surface area contributed by atoms with Gasteiger partial charge in [0.2, 0.25) is 0 Å². The lowest BCUT2D eigenvalue weighted by Crippen LogP contribution is -2.04. The molecule has 0 aliphatic rings. The van der Waals surface area contributed by atoms with Crippen LogP contribution in [-0.4, -0.2) is 6.61 Å². The Kier molecular flexibility index (Phi) is 5.14. The number of nitrogen functional groups attached to an aromatic ring is 1. The molecule has 0 heterocycles. The molecule has 0 amide bonds. The van der Waals surface area contributed by atoms with Gasteiger partial charge >= 0.3 is 6.61 Å². The van der Waals surface area contributed by atoms with E-state index in [1.54, 1.807) is 12.1 Å². The molecular weight excluding hydrogens is 324 g/mol. The van der Waals surface area contributed by atoms with Gasteiger partial charge < -0.3 is 15.2 Å². The largest absolute Gasteiger partial charge is 0.489 e. The molecule has 3 nitrogen and oxygen atoms in total. The number of benzene rings is 3. The van der Waals surface area contributed by atoms with Crippen LogP contribution in [0.1, 0.15) is 5.56 Å². The maximum Gasteiger partial charge on any atom is 0.387 e. The fraction of sp³-hybridized carbons (Fsp3) is 0.100. The molecule has 25 heavy (non-hydrogen) atoms. The van der Waals surface area contributed by atoms with Gasteiger partial charge in [0.05, 0.1) is 5.69 Å². The van der Waals surface area contributed by atoms with Crippen molar-refractivity contribution in [2.75, 3.05) is 5.73 Å². The fourth-order valence-electron chi connectivity index (χ4n) is 2.40. The van der Waals surface area contributed by atoms with Crippen LogP contribution in [0.4, 0.5) is 14.5 Å². The van der Waals surface area contributed by atoms with Gasteiger partial charge in [-0.15, -0.1) is 0 Å². The molecule has 3 aromatic carbocycles. The average Bonchev–Trinajstić information content (AvgIpc) is 2.63. The number of alkyl halides is 2. The number of rotatable bonds is 6. The Morgan fingerprint density at radius 3 is 2.20 bits per heavy atom. The summed E-state index contributed by atoms with van der Waals surface area (Å²) in [6.45, 7) is -2.43. The van der Waals surface area contributed by atoms with Crippen molar-refractivity contribution in [2.24, 2.45) is 0 Å². The SMILES string of the molecule is Nc1ccc(-c2ccc(OCc3ccccc3)cc2)cc1OC(F)F. The van der Waals surface area contributed by atoms with Gasteiger partial charge in [-0.05, 0) is 41.0 Å². The number of hydrogen-bond donors (Lipinski definition) is 1. The maximum atomic E-state index is 12.4. The van der Waals surface area contributed by atoms with E-state index in [-0.39, 0.29) is 11.4 Å². The van der Waals surface area contributed by atoms with E-state index in [1.807, 2.05) is 54.6 Å². The Morgan fingerprint density at radius 1 is 0.840 bits per heavy atom. The van der Waals surface area contributed by atoms with E-state index in [4.69, 9.17) is 10.5 Å². The van der Waals surface area contributed by atoms with Crippen LogP contribution in [0.2, 0.25) is 0 Å². The topological polar surface area (TPSA) is 44.5 Å². The molecule has 0 aliphatic heterocycles. The van der Waals surface area contributed by atoms with Gasteiger partial charge in [-0.1, -0.05) is 48.5 Å². The third-order valence-corrected chi connectivity index (χ3v) is 3.67. The van der Waals surface area contributed by atoms with Gasteiger partial charge in [0, 0.05) is 0 Å². The van der Waals surface area contributed by atoms with E-state index in [2.05, 4.69) is 4.74 Å². The van der Waals surface area contributed by atoms with Crippen molar-refractivity contribution >= 4 is 5.69 Å². The average molecular weight is 341 g/mol. The van der Waals surface area contributed by atoms with Gasteiger partial charge in [0.1, 0.15) is 18.1 Å². The predicted molar refractivity (Wildman–Crippen MR) is 93.7 cm³/mol. The zero-order valence-corrected chi connectivity index (χ0v) is 13.4. The Hall–Kier alpha value is -3.08. The maximum absolute atomic E-state index is 12.4. The summed E-state index contributed by atoms with van der Waals surface area (Å²) in [5, 5.41) is 0. The van der Waals surface area contributed by atoms with Crippen molar-refractivity contribution in [1.82, 2.24) is 0 Å². The van der Waals surface area contributed by atoms with Crippen molar-refractivity contribution in [1.29, 1.82) is 0 Å². The number of halogens is 2. The van der Waals surface area contributed by atoms with Crippen LogP contribution in [-0.2, 0) is 6.61 Å². The number of hydrogen-bond acceptors (Lipinski definition) is 3. The van der Waals surface area contributed by atoms with E-state index in [0.717, 1.165) is 22.4 Å². The summed E-state index contributed by atoms with van der Waals surface area (Å²) in [5.74, 6) is 0.698. The smallest absolute Gasteiger partial charge is 0.387 e. The van der Waals surface area contributed by atoms with Crippen LogP contribution >= 0.6 is 0 Å². The zero-order chi connectivity index (χ0) is 17.6. The summed E-state index contributed by atoms with van der Waals surface area (Å²) < 4.78 is 35.0. The van der Waals surface area contributed by atoms with Crippen molar-refractivity contribution in [3.05, 3.63) is 78.4 Å². The standard InChI is InChI=1S/C20H17F2NO2/c21-20(22)25-19-12-16(8-11-18(19)23)15-6-9-17(10-7-15)24-13-14-4-2-1-3-5-14/h1-12,20H,13,23H2. The first-order valence-electron chi connectivity index (χ1n) is 7.73. The highest BCUT2D eigenvalue weighted by Crippen LogP contribution is 2.31. The second kappa shape index (κ2) is 7.66. The van der Waals surface area contributed by atoms with Gasteiger partial charge in [0.25, 0.3) is 0 Å². The molecule has 0 saturated heterocycles. The van der Waals surface area contributed by atoms with Crippen molar-refractivity contribution in [3.63, 3.8) is 0 Å². The summed E-state index contributed by atoms with van der Waals surface area (Å²) in [6, 6.07) is 22.1. The first-order valence-corrected chi connectivity index (χ1v) is 7.73. The monoisotopic (exact) mass is 341 g/mol. The highest BCUT2D eigenvalue weighted by atomic mass is 19.3. The summed E-state index contributed by atoms with van der Waals surface area (Å²) in [4.78, 5) is 0. The minimum atomic E-state index is -2.91. The van der Waals surface area contributed by atoms with Crippen LogP contribution in [0.3, 0.4) is 0 Å². The highest BCUT2D eigenvalue weighted by Gasteiger charge is 2.09. The van der Waals surface area contributed by atoms with E-state index < -0.39 is 6.61 Å². The Labute approximate surface area is 144 Å². The fourth-order valence-corrected chi connectivity index (χ4v) is 2.40. The second-order valence-corrected chi connectivity index (χ2v) is 5.43. The molecule has 5 heteroatoms. The van der Waals surface area contributed by atoms with Gasteiger partial charge in [-0.3, -0.25) is 0 Å². The van der Waals surface area contributed by atoms with E-state index in [9.17, 15) is 8.78 Å². The minimum Gasteiger partial charge on any atom is -0.489 e. The normalized spacial score (nSPS) is 10.7. The number of nitrogens with two attached hydrogens (primary N) is 1.